The fourth-order valence-corrected chi connectivity index (χ4v) is 3.88. The quantitative estimate of drug-likeness (QED) is 0.289. The summed E-state index contributed by atoms with van der Waals surface area (Å²) in [6, 6.07) is 19.5. The molecule has 8 heteroatoms. The molecule has 0 saturated carbocycles. The van der Waals surface area contributed by atoms with Crippen LogP contribution in [0.4, 0.5) is 15.8 Å². The van der Waals surface area contributed by atoms with E-state index in [-0.39, 0.29) is 18.6 Å². The van der Waals surface area contributed by atoms with Crippen molar-refractivity contribution < 1.29 is 9.13 Å². The Bertz CT molecular complexity index is 1400. The molecule has 0 aliphatic carbocycles. The number of nitrogens with zero attached hydrogens (tertiary/aromatic N) is 2. The molecule has 36 heavy (non-hydrogen) atoms. The van der Waals surface area contributed by atoms with Crippen molar-refractivity contribution in [3.63, 3.8) is 0 Å². The zero-order valence-corrected chi connectivity index (χ0v) is 21.3. The standard InChI is InChI=1S/C28H24ClFN4OS/c1-19(36)32-24-8-4-5-20(14-24)9-10-22-16-31-18-34(2)28(22)33-25-11-12-27(26(29)15-25)35-17-21-6-3-7-23(30)13-21/h3-8,11-16,18,28,33H,17H2,1-2H3,(H,32,36). The second-order valence-electron chi connectivity index (χ2n) is 8.14. The minimum atomic E-state index is -0.303. The van der Waals surface area contributed by atoms with E-state index in [0.29, 0.717) is 15.8 Å². The fraction of sp³-hybridized carbons (Fsp3) is 0.143. The van der Waals surface area contributed by atoms with E-state index in [4.69, 9.17) is 28.6 Å². The maximum Gasteiger partial charge on any atom is 0.138 e. The summed E-state index contributed by atoms with van der Waals surface area (Å²) in [5, 5.41) is 7.02. The van der Waals surface area contributed by atoms with E-state index < -0.39 is 0 Å². The van der Waals surface area contributed by atoms with Crippen LogP contribution in [0.2, 0.25) is 5.02 Å². The molecular formula is C28H24ClFN4OS. The van der Waals surface area contributed by atoms with Crippen molar-refractivity contribution in [2.24, 2.45) is 4.99 Å². The number of hydrogen-bond acceptors (Lipinski definition) is 5. The molecule has 0 spiro atoms. The zero-order valence-electron chi connectivity index (χ0n) is 19.8. The lowest BCUT2D eigenvalue weighted by molar-refractivity contribution is 0.306. The third-order valence-corrected chi connectivity index (χ3v) is 5.61. The Morgan fingerprint density at radius 3 is 2.72 bits per heavy atom. The van der Waals surface area contributed by atoms with Crippen molar-refractivity contribution in [3.05, 3.63) is 100 Å². The summed E-state index contributed by atoms with van der Waals surface area (Å²) < 4.78 is 19.2. The van der Waals surface area contributed by atoms with Crippen LogP contribution < -0.4 is 15.4 Å². The second-order valence-corrected chi connectivity index (χ2v) is 9.16. The molecule has 4 rings (SSSR count). The predicted octanol–water partition coefficient (Wildman–Crippen LogP) is 6.46. The third-order valence-electron chi connectivity index (χ3n) is 5.22. The Kier molecular flexibility index (Phi) is 8.21. The van der Waals surface area contributed by atoms with Crippen LogP contribution in [0.1, 0.15) is 18.1 Å². The summed E-state index contributed by atoms with van der Waals surface area (Å²) in [4.78, 5) is 6.91. The molecule has 3 aromatic carbocycles. The van der Waals surface area contributed by atoms with Crippen molar-refractivity contribution in [2.75, 3.05) is 17.7 Å². The van der Waals surface area contributed by atoms with Gasteiger partial charge in [-0.25, -0.2) is 9.38 Å². The number of rotatable bonds is 6. The minimum absolute atomic E-state index is 0.218. The number of halogens is 2. The van der Waals surface area contributed by atoms with Gasteiger partial charge in [-0.2, -0.15) is 0 Å². The van der Waals surface area contributed by atoms with Crippen LogP contribution in [0, 0.1) is 17.7 Å². The SMILES string of the molecule is CC(=S)Nc1cccc(C#CC2=CN=CN(C)C2Nc2ccc(OCc3cccc(F)c3)c(Cl)c2)c1. The smallest absolute Gasteiger partial charge is 0.138 e. The summed E-state index contributed by atoms with van der Waals surface area (Å²) in [7, 11) is 1.92. The first kappa shape index (κ1) is 25.2. The lowest BCUT2D eigenvalue weighted by atomic mass is 10.1. The van der Waals surface area contributed by atoms with Gasteiger partial charge in [0.2, 0.25) is 0 Å². The van der Waals surface area contributed by atoms with Crippen LogP contribution in [-0.4, -0.2) is 29.4 Å². The first-order valence-corrected chi connectivity index (χ1v) is 11.9. The van der Waals surface area contributed by atoms with E-state index in [2.05, 4.69) is 27.5 Å². The van der Waals surface area contributed by atoms with E-state index in [1.165, 1.54) is 12.1 Å². The highest BCUT2D eigenvalue weighted by Crippen LogP contribution is 2.29. The molecule has 1 aliphatic rings. The van der Waals surface area contributed by atoms with Crippen LogP contribution in [0.15, 0.2) is 83.5 Å². The van der Waals surface area contributed by atoms with E-state index in [1.807, 2.05) is 49.2 Å². The average molecular weight is 519 g/mol. The Morgan fingerprint density at radius 1 is 1.11 bits per heavy atom. The van der Waals surface area contributed by atoms with Crippen molar-refractivity contribution in [3.8, 4) is 17.6 Å². The molecule has 0 amide bonds. The second kappa shape index (κ2) is 11.7. The highest BCUT2D eigenvalue weighted by atomic mass is 35.5. The Morgan fingerprint density at radius 2 is 1.94 bits per heavy atom. The fourth-order valence-electron chi connectivity index (χ4n) is 3.53. The summed E-state index contributed by atoms with van der Waals surface area (Å²) in [5.41, 5.74) is 4.07. The van der Waals surface area contributed by atoms with Crippen LogP contribution in [0.5, 0.6) is 5.75 Å². The molecular weight excluding hydrogens is 495 g/mol. The Balaban J connectivity index is 1.46. The van der Waals surface area contributed by atoms with Gasteiger partial charge >= 0.3 is 0 Å². The number of benzene rings is 3. The van der Waals surface area contributed by atoms with Gasteiger partial charge in [0.25, 0.3) is 0 Å². The summed E-state index contributed by atoms with van der Waals surface area (Å²) >= 11 is 11.6. The normalized spacial score (nSPS) is 14.4. The molecule has 1 unspecified atom stereocenters. The number of anilines is 2. The summed E-state index contributed by atoms with van der Waals surface area (Å²) in [6.45, 7) is 2.05. The third kappa shape index (κ3) is 6.85. The van der Waals surface area contributed by atoms with Gasteiger partial charge in [-0.1, -0.05) is 53.9 Å². The maximum atomic E-state index is 13.4. The molecule has 0 aromatic heterocycles. The van der Waals surface area contributed by atoms with E-state index in [9.17, 15) is 4.39 Å². The first-order valence-electron chi connectivity index (χ1n) is 11.2. The molecule has 0 radical (unpaired) electrons. The predicted molar refractivity (Wildman–Crippen MR) is 149 cm³/mol. The van der Waals surface area contributed by atoms with Gasteiger partial charge in [-0.05, 0) is 61.0 Å². The molecule has 182 valence electrons. The molecule has 5 nitrogen and oxygen atoms in total. The topological polar surface area (TPSA) is 48.9 Å². The summed E-state index contributed by atoms with van der Waals surface area (Å²) in [6.07, 6.45) is 3.23. The lowest BCUT2D eigenvalue weighted by Crippen LogP contribution is -2.40. The highest BCUT2D eigenvalue weighted by Gasteiger charge is 2.20. The van der Waals surface area contributed by atoms with Crippen LogP contribution >= 0.6 is 23.8 Å². The Labute approximate surface area is 220 Å². The van der Waals surface area contributed by atoms with Crippen LogP contribution in [-0.2, 0) is 6.61 Å². The van der Waals surface area contributed by atoms with Crippen molar-refractivity contribution >= 4 is 46.5 Å². The zero-order chi connectivity index (χ0) is 25.5. The molecule has 1 atom stereocenters. The molecule has 1 aliphatic heterocycles. The summed E-state index contributed by atoms with van der Waals surface area (Å²) in [5.74, 6) is 6.65. The molecule has 0 bridgehead atoms. The van der Waals surface area contributed by atoms with Gasteiger partial charge in [-0.15, -0.1) is 0 Å². The highest BCUT2D eigenvalue weighted by molar-refractivity contribution is 7.80. The van der Waals surface area contributed by atoms with Crippen molar-refractivity contribution in [1.82, 2.24) is 4.90 Å². The maximum absolute atomic E-state index is 13.4. The van der Waals surface area contributed by atoms with E-state index in [1.54, 1.807) is 36.8 Å². The minimum Gasteiger partial charge on any atom is -0.487 e. The molecule has 0 saturated heterocycles. The number of thiocarbonyl (C=S) groups is 1. The van der Waals surface area contributed by atoms with Gasteiger partial charge in [0.05, 0.1) is 21.9 Å². The molecule has 0 fully saturated rings. The van der Waals surface area contributed by atoms with E-state index >= 15 is 0 Å². The first-order chi connectivity index (χ1) is 17.4. The number of ether oxygens (including phenoxy) is 1. The molecule has 3 aromatic rings. The largest absolute Gasteiger partial charge is 0.487 e. The lowest BCUT2D eigenvalue weighted by Gasteiger charge is -2.30. The number of aliphatic imine (C=N–C) groups is 1. The van der Waals surface area contributed by atoms with E-state index in [0.717, 1.165) is 28.1 Å². The van der Waals surface area contributed by atoms with Crippen LogP contribution in [0.25, 0.3) is 0 Å². The van der Waals surface area contributed by atoms with Gasteiger partial charge in [0.15, 0.2) is 0 Å². The van der Waals surface area contributed by atoms with Gasteiger partial charge < -0.3 is 20.3 Å². The number of nitrogens with one attached hydrogen (secondary N) is 2. The number of hydrogen-bond donors (Lipinski definition) is 2. The van der Waals surface area contributed by atoms with Crippen LogP contribution in [0.3, 0.4) is 0 Å². The van der Waals surface area contributed by atoms with Crippen molar-refractivity contribution in [2.45, 2.75) is 19.7 Å². The number of likely N-dealkylation sites (N-methyl/N-ethyl adjacent to an activating group) is 1. The average Bonchev–Trinajstić information content (AvgIpc) is 2.84. The molecule has 2 N–H and O–H groups in total. The van der Waals surface area contributed by atoms with Gasteiger partial charge in [0, 0.05) is 30.2 Å². The molecule has 1 heterocycles. The van der Waals surface area contributed by atoms with Gasteiger partial charge in [-0.3, -0.25) is 0 Å². The van der Waals surface area contributed by atoms with Gasteiger partial charge in [0.1, 0.15) is 24.3 Å². The van der Waals surface area contributed by atoms with Crippen molar-refractivity contribution in [1.29, 1.82) is 0 Å². The monoisotopic (exact) mass is 518 g/mol. The Hall–Kier alpha value is -3.86.